The Morgan fingerprint density at radius 2 is 2.22 bits per heavy atom. The Bertz CT molecular complexity index is 273. The van der Waals surface area contributed by atoms with Gasteiger partial charge in [0.25, 0.3) is 0 Å². The number of alkyl halides is 1. The van der Waals surface area contributed by atoms with Crippen LogP contribution in [0.4, 0.5) is 0 Å². The second-order valence-electron chi connectivity index (χ2n) is 5.74. The van der Waals surface area contributed by atoms with Gasteiger partial charge >= 0.3 is 0 Å². The van der Waals surface area contributed by atoms with Gasteiger partial charge in [0.2, 0.25) is 5.91 Å². The molecule has 1 unspecified atom stereocenters. The highest BCUT2D eigenvalue weighted by atomic mass is 79.9. The van der Waals surface area contributed by atoms with Crippen LogP contribution in [0.3, 0.4) is 0 Å². The van der Waals surface area contributed by atoms with Gasteiger partial charge in [-0.15, -0.1) is 0 Å². The third-order valence-electron chi connectivity index (χ3n) is 4.21. The Morgan fingerprint density at radius 3 is 2.83 bits per heavy atom. The van der Waals surface area contributed by atoms with Crippen LogP contribution in [0, 0.1) is 5.41 Å². The van der Waals surface area contributed by atoms with E-state index in [0.29, 0.717) is 17.9 Å². The lowest BCUT2D eigenvalue weighted by molar-refractivity contribution is -0.122. The molecule has 1 aliphatic heterocycles. The third kappa shape index (κ3) is 4.54. The van der Waals surface area contributed by atoms with Crippen LogP contribution in [0.1, 0.15) is 51.4 Å². The fourth-order valence-electron chi connectivity index (χ4n) is 2.59. The normalized spacial score (nSPS) is 25.7. The number of nitrogens with one attached hydrogen (secondary N) is 1. The maximum absolute atomic E-state index is 11.8. The van der Waals surface area contributed by atoms with Gasteiger partial charge in [-0.05, 0) is 50.4 Å². The summed E-state index contributed by atoms with van der Waals surface area (Å²) in [5, 5.41) is 4.13. The Hall–Kier alpha value is -0.0900. The molecule has 1 atom stereocenters. The maximum Gasteiger partial charge on any atom is 0.220 e. The van der Waals surface area contributed by atoms with Gasteiger partial charge in [-0.25, -0.2) is 0 Å². The van der Waals surface area contributed by atoms with Crippen LogP contribution < -0.4 is 5.32 Å². The zero-order chi connectivity index (χ0) is 12.8. The van der Waals surface area contributed by atoms with Crippen molar-refractivity contribution in [2.75, 3.05) is 18.5 Å². The quantitative estimate of drug-likeness (QED) is 0.733. The van der Waals surface area contributed by atoms with Crippen LogP contribution in [0.25, 0.3) is 0 Å². The number of rotatable bonds is 7. The van der Waals surface area contributed by atoms with Crippen molar-refractivity contribution >= 4 is 21.8 Å². The highest BCUT2D eigenvalue weighted by Gasteiger charge is 2.41. The monoisotopic (exact) mass is 317 g/mol. The first-order chi connectivity index (χ1) is 8.74. The zero-order valence-corrected chi connectivity index (χ0v) is 12.6. The number of ether oxygens (including phenoxy) is 1. The average Bonchev–Trinajstić information content (AvgIpc) is 3.16. The summed E-state index contributed by atoms with van der Waals surface area (Å²) in [4.78, 5) is 11.8. The molecule has 0 bridgehead atoms. The van der Waals surface area contributed by atoms with Crippen molar-refractivity contribution in [3.05, 3.63) is 0 Å². The first-order valence-corrected chi connectivity index (χ1v) is 8.31. The van der Waals surface area contributed by atoms with Gasteiger partial charge in [0.1, 0.15) is 0 Å². The van der Waals surface area contributed by atoms with E-state index >= 15 is 0 Å². The van der Waals surface area contributed by atoms with Crippen molar-refractivity contribution in [1.82, 2.24) is 5.32 Å². The van der Waals surface area contributed by atoms with E-state index in [1.54, 1.807) is 0 Å². The van der Waals surface area contributed by atoms with Gasteiger partial charge in [-0.2, -0.15) is 0 Å². The fraction of sp³-hybridized carbons (Fsp3) is 0.929. The molecule has 0 aromatic carbocycles. The van der Waals surface area contributed by atoms with E-state index in [4.69, 9.17) is 4.74 Å². The molecule has 1 saturated heterocycles. The van der Waals surface area contributed by atoms with Crippen molar-refractivity contribution in [2.24, 2.45) is 5.41 Å². The third-order valence-corrected chi connectivity index (χ3v) is 4.61. The molecular weight excluding hydrogens is 294 g/mol. The van der Waals surface area contributed by atoms with E-state index in [-0.39, 0.29) is 5.91 Å². The second kappa shape index (κ2) is 6.90. The molecule has 1 heterocycles. The molecule has 1 N–H and O–H groups in total. The minimum atomic E-state index is 0.199. The first-order valence-electron chi connectivity index (χ1n) is 7.18. The Labute approximate surface area is 118 Å². The minimum Gasteiger partial charge on any atom is -0.378 e. The van der Waals surface area contributed by atoms with Gasteiger partial charge in [-0.1, -0.05) is 15.9 Å². The smallest absolute Gasteiger partial charge is 0.220 e. The van der Waals surface area contributed by atoms with Crippen LogP contribution in [0.2, 0.25) is 0 Å². The molecule has 3 nitrogen and oxygen atoms in total. The van der Waals surface area contributed by atoms with Crippen LogP contribution >= 0.6 is 15.9 Å². The number of hydrogen-bond donors (Lipinski definition) is 1. The summed E-state index contributed by atoms with van der Waals surface area (Å²) in [5.41, 5.74) is 0.417. The average molecular weight is 318 g/mol. The van der Waals surface area contributed by atoms with Gasteiger partial charge < -0.3 is 10.1 Å². The number of halogens is 1. The molecule has 18 heavy (non-hydrogen) atoms. The molecule has 1 saturated carbocycles. The van der Waals surface area contributed by atoms with Crippen molar-refractivity contribution < 1.29 is 9.53 Å². The molecule has 2 aliphatic rings. The van der Waals surface area contributed by atoms with E-state index in [9.17, 15) is 4.79 Å². The predicted molar refractivity (Wildman–Crippen MR) is 75.9 cm³/mol. The fourth-order valence-corrected chi connectivity index (χ4v) is 3.44. The maximum atomic E-state index is 11.8. The highest BCUT2D eigenvalue weighted by Crippen LogP contribution is 2.48. The van der Waals surface area contributed by atoms with Crippen molar-refractivity contribution in [1.29, 1.82) is 0 Å². The summed E-state index contributed by atoms with van der Waals surface area (Å²) in [5.74, 6) is 0.199. The van der Waals surface area contributed by atoms with Crippen molar-refractivity contribution in [3.8, 4) is 0 Å². The molecule has 104 valence electrons. The Morgan fingerprint density at radius 1 is 1.39 bits per heavy atom. The predicted octanol–water partition coefficient (Wildman–Crippen LogP) is 3.02. The molecule has 2 rings (SSSR count). The Kier molecular flexibility index (Phi) is 5.49. The lowest BCUT2D eigenvalue weighted by Gasteiger charge is -2.22. The highest BCUT2D eigenvalue weighted by molar-refractivity contribution is 9.09. The number of carbonyl (C=O) groups excluding carboxylic acids is 1. The molecule has 1 aliphatic carbocycles. The van der Waals surface area contributed by atoms with E-state index < -0.39 is 0 Å². The lowest BCUT2D eigenvalue weighted by atomic mass is 10.0. The van der Waals surface area contributed by atoms with Crippen LogP contribution in [0.15, 0.2) is 0 Å². The van der Waals surface area contributed by atoms with E-state index in [1.807, 2.05) is 0 Å². The molecule has 2 fully saturated rings. The zero-order valence-electron chi connectivity index (χ0n) is 11.0. The SMILES string of the molecule is O=C(CCC1CCCCO1)NCC1(CCBr)CC1. The topological polar surface area (TPSA) is 38.3 Å². The molecular formula is C14H24BrNO2. The summed E-state index contributed by atoms with van der Waals surface area (Å²) in [6.45, 7) is 1.74. The van der Waals surface area contributed by atoms with Gasteiger partial charge in [0.15, 0.2) is 0 Å². The number of carbonyl (C=O) groups is 1. The van der Waals surface area contributed by atoms with Crippen molar-refractivity contribution in [3.63, 3.8) is 0 Å². The van der Waals surface area contributed by atoms with Crippen molar-refractivity contribution in [2.45, 2.75) is 57.5 Å². The van der Waals surface area contributed by atoms with E-state index in [1.165, 1.54) is 32.1 Å². The van der Waals surface area contributed by atoms with Gasteiger partial charge in [0, 0.05) is 24.9 Å². The van der Waals surface area contributed by atoms with Gasteiger partial charge in [-0.3, -0.25) is 4.79 Å². The molecule has 1 amide bonds. The van der Waals surface area contributed by atoms with Crippen LogP contribution in [0.5, 0.6) is 0 Å². The molecule has 0 aromatic heterocycles. The van der Waals surface area contributed by atoms with Gasteiger partial charge in [0.05, 0.1) is 6.10 Å². The summed E-state index contributed by atoms with van der Waals surface area (Å²) < 4.78 is 5.64. The number of hydrogen-bond acceptors (Lipinski definition) is 2. The summed E-state index contributed by atoms with van der Waals surface area (Å²) in [6, 6.07) is 0. The standard InChI is InChI=1S/C14H24BrNO2/c15-9-8-14(6-7-14)11-16-13(17)5-4-12-3-1-2-10-18-12/h12H,1-11H2,(H,16,17). The summed E-state index contributed by atoms with van der Waals surface area (Å²) in [7, 11) is 0. The summed E-state index contributed by atoms with van der Waals surface area (Å²) in [6.07, 6.45) is 9.10. The minimum absolute atomic E-state index is 0.199. The first kappa shape index (κ1) is 14.3. The molecule has 4 heteroatoms. The number of amides is 1. The summed E-state index contributed by atoms with van der Waals surface area (Å²) >= 11 is 3.49. The largest absolute Gasteiger partial charge is 0.378 e. The molecule has 0 aromatic rings. The van der Waals surface area contributed by atoms with E-state index in [0.717, 1.165) is 31.3 Å². The molecule has 0 spiro atoms. The van der Waals surface area contributed by atoms with Crippen LogP contribution in [-0.2, 0) is 9.53 Å². The van der Waals surface area contributed by atoms with E-state index in [2.05, 4.69) is 21.2 Å². The second-order valence-corrected chi connectivity index (χ2v) is 6.54. The lowest BCUT2D eigenvalue weighted by Crippen LogP contribution is -2.31. The Balaban J connectivity index is 1.57. The molecule has 0 radical (unpaired) electrons. The van der Waals surface area contributed by atoms with Crippen LogP contribution in [-0.4, -0.2) is 30.5 Å².